The number of pyridine rings is 1. The zero-order valence-electron chi connectivity index (χ0n) is 9.83. The van der Waals surface area contributed by atoms with Crippen molar-refractivity contribution >= 4 is 0 Å². The number of nitrogens with zero attached hydrogens (tertiary/aromatic N) is 4. The predicted molar refractivity (Wildman–Crippen MR) is 67.6 cm³/mol. The van der Waals surface area contributed by atoms with Crippen molar-refractivity contribution in [3.8, 4) is 22.6 Å². The third-order valence-corrected chi connectivity index (χ3v) is 2.57. The quantitative estimate of drug-likeness (QED) is 0.742. The van der Waals surface area contributed by atoms with Crippen molar-refractivity contribution in [2.75, 3.05) is 0 Å². The predicted octanol–water partition coefficient (Wildman–Crippen LogP) is 2.24. The van der Waals surface area contributed by atoms with Crippen LogP contribution in [-0.4, -0.2) is 25.1 Å². The normalized spacial score (nSPS) is 10.5. The van der Waals surface area contributed by atoms with Gasteiger partial charge in [0.05, 0.1) is 11.9 Å². The van der Waals surface area contributed by atoms with E-state index in [0.29, 0.717) is 5.82 Å². The average molecular weight is 237 g/mol. The highest BCUT2D eigenvalue weighted by atomic mass is 15.1. The smallest absolute Gasteiger partial charge is 0.161 e. The highest BCUT2D eigenvalue weighted by Crippen LogP contribution is 2.20. The van der Waals surface area contributed by atoms with Gasteiger partial charge in [-0.1, -0.05) is 0 Å². The van der Waals surface area contributed by atoms with Crippen LogP contribution < -0.4 is 0 Å². The Balaban J connectivity index is 2.12. The van der Waals surface area contributed by atoms with E-state index in [4.69, 9.17) is 0 Å². The van der Waals surface area contributed by atoms with Crippen LogP contribution in [0.4, 0.5) is 0 Å². The van der Waals surface area contributed by atoms with Crippen LogP contribution in [-0.2, 0) is 0 Å². The van der Waals surface area contributed by atoms with Crippen molar-refractivity contribution in [1.29, 1.82) is 0 Å². The molecule has 0 atom stereocenters. The van der Waals surface area contributed by atoms with Crippen molar-refractivity contribution in [3.05, 3.63) is 48.7 Å². The number of aryl methyl sites for hydroxylation is 1. The molecule has 0 saturated carbocycles. The van der Waals surface area contributed by atoms with Crippen LogP contribution >= 0.6 is 0 Å². The van der Waals surface area contributed by atoms with E-state index in [1.165, 1.54) is 0 Å². The molecule has 3 aromatic heterocycles. The zero-order valence-corrected chi connectivity index (χ0v) is 9.83. The monoisotopic (exact) mass is 237 g/mol. The second kappa shape index (κ2) is 4.37. The Morgan fingerprint density at radius 1 is 1.11 bits per heavy atom. The van der Waals surface area contributed by atoms with Crippen LogP contribution in [0.5, 0.6) is 0 Å². The van der Waals surface area contributed by atoms with Gasteiger partial charge in [-0.2, -0.15) is 5.10 Å². The molecule has 5 nitrogen and oxygen atoms in total. The van der Waals surface area contributed by atoms with Crippen LogP contribution in [0, 0.1) is 6.92 Å². The Kier molecular flexibility index (Phi) is 2.57. The van der Waals surface area contributed by atoms with E-state index in [-0.39, 0.29) is 0 Å². The summed E-state index contributed by atoms with van der Waals surface area (Å²) in [5.74, 6) is 0.680. The Morgan fingerprint density at radius 3 is 2.78 bits per heavy atom. The fourth-order valence-corrected chi connectivity index (χ4v) is 1.73. The van der Waals surface area contributed by atoms with E-state index in [1.54, 1.807) is 18.6 Å². The Hall–Kier alpha value is -2.56. The first-order valence-electron chi connectivity index (χ1n) is 5.58. The molecule has 1 N–H and O–H groups in total. The first-order valence-corrected chi connectivity index (χ1v) is 5.58. The molecule has 18 heavy (non-hydrogen) atoms. The Bertz CT molecular complexity index is 646. The van der Waals surface area contributed by atoms with Crippen molar-refractivity contribution in [3.63, 3.8) is 0 Å². The standard InChI is InChI=1S/C13H11N5/c1-9-5-12(11-7-15-16-8-11)18-13(17-9)10-3-2-4-14-6-10/h2-8H,1H3,(H,15,16). The number of hydrogen-bond acceptors (Lipinski definition) is 4. The van der Waals surface area contributed by atoms with Gasteiger partial charge in [-0.25, -0.2) is 9.97 Å². The number of aromatic amines is 1. The van der Waals surface area contributed by atoms with Crippen molar-refractivity contribution in [2.24, 2.45) is 0 Å². The molecule has 0 aliphatic heterocycles. The third kappa shape index (κ3) is 1.98. The topological polar surface area (TPSA) is 67.3 Å². The fraction of sp³-hybridized carbons (Fsp3) is 0.0769. The summed E-state index contributed by atoms with van der Waals surface area (Å²) in [7, 11) is 0. The summed E-state index contributed by atoms with van der Waals surface area (Å²) in [6.45, 7) is 1.95. The molecule has 0 aliphatic carbocycles. The van der Waals surface area contributed by atoms with Gasteiger partial charge in [0, 0.05) is 35.4 Å². The van der Waals surface area contributed by atoms with Crippen molar-refractivity contribution in [2.45, 2.75) is 6.92 Å². The summed E-state index contributed by atoms with van der Waals surface area (Å²) in [5, 5.41) is 6.72. The lowest BCUT2D eigenvalue weighted by Gasteiger charge is -2.04. The van der Waals surface area contributed by atoms with Crippen LogP contribution in [0.3, 0.4) is 0 Å². The summed E-state index contributed by atoms with van der Waals surface area (Å²) in [6, 6.07) is 5.75. The fourth-order valence-electron chi connectivity index (χ4n) is 1.73. The molecule has 0 saturated heterocycles. The third-order valence-electron chi connectivity index (χ3n) is 2.57. The molecule has 0 amide bonds. The summed E-state index contributed by atoms with van der Waals surface area (Å²) in [5.41, 5.74) is 3.63. The van der Waals surface area contributed by atoms with Crippen molar-refractivity contribution in [1.82, 2.24) is 25.1 Å². The lowest BCUT2D eigenvalue weighted by molar-refractivity contribution is 1.09. The number of hydrogen-bond donors (Lipinski definition) is 1. The van der Waals surface area contributed by atoms with Gasteiger partial charge < -0.3 is 0 Å². The van der Waals surface area contributed by atoms with E-state index in [9.17, 15) is 0 Å². The molecule has 0 spiro atoms. The lowest BCUT2D eigenvalue weighted by atomic mass is 10.2. The first-order chi connectivity index (χ1) is 8.83. The SMILES string of the molecule is Cc1cc(-c2cn[nH]c2)nc(-c2cccnc2)n1. The maximum absolute atomic E-state index is 4.54. The van der Waals surface area contributed by atoms with Crippen molar-refractivity contribution < 1.29 is 0 Å². The van der Waals surface area contributed by atoms with E-state index in [1.807, 2.05) is 31.3 Å². The van der Waals surface area contributed by atoms with Gasteiger partial charge in [-0.05, 0) is 25.1 Å². The van der Waals surface area contributed by atoms with Gasteiger partial charge in [-0.3, -0.25) is 10.1 Å². The highest BCUT2D eigenvalue weighted by molar-refractivity contribution is 5.62. The van der Waals surface area contributed by atoms with Crippen LogP contribution in [0.25, 0.3) is 22.6 Å². The van der Waals surface area contributed by atoms with E-state index in [2.05, 4.69) is 25.1 Å². The van der Waals surface area contributed by atoms with E-state index in [0.717, 1.165) is 22.5 Å². The van der Waals surface area contributed by atoms with Gasteiger partial charge in [0.15, 0.2) is 5.82 Å². The number of nitrogens with one attached hydrogen (secondary N) is 1. The summed E-state index contributed by atoms with van der Waals surface area (Å²) < 4.78 is 0. The maximum atomic E-state index is 4.54. The molecule has 0 aromatic carbocycles. The van der Waals surface area contributed by atoms with E-state index < -0.39 is 0 Å². The highest BCUT2D eigenvalue weighted by Gasteiger charge is 2.07. The molecule has 0 aliphatic rings. The minimum Gasteiger partial charge on any atom is -0.285 e. The minimum absolute atomic E-state index is 0.680. The molecule has 0 radical (unpaired) electrons. The van der Waals surface area contributed by atoms with E-state index >= 15 is 0 Å². The molecule has 88 valence electrons. The summed E-state index contributed by atoms with van der Waals surface area (Å²) >= 11 is 0. The molecule has 3 heterocycles. The molecular weight excluding hydrogens is 226 g/mol. The van der Waals surface area contributed by atoms with Crippen LogP contribution in [0.15, 0.2) is 43.0 Å². The molecule has 5 heteroatoms. The number of aromatic nitrogens is 5. The van der Waals surface area contributed by atoms with Gasteiger partial charge in [0.25, 0.3) is 0 Å². The van der Waals surface area contributed by atoms with Gasteiger partial charge >= 0.3 is 0 Å². The Morgan fingerprint density at radius 2 is 2.06 bits per heavy atom. The number of H-pyrrole nitrogens is 1. The average Bonchev–Trinajstić information content (AvgIpc) is 2.93. The molecular formula is C13H11N5. The van der Waals surface area contributed by atoms with Crippen LogP contribution in [0.2, 0.25) is 0 Å². The second-order valence-corrected chi connectivity index (χ2v) is 3.95. The summed E-state index contributed by atoms with van der Waals surface area (Å²) in [6.07, 6.45) is 7.05. The lowest BCUT2D eigenvalue weighted by Crippen LogP contribution is -1.94. The molecule has 3 rings (SSSR count). The van der Waals surface area contributed by atoms with Gasteiger partial charge in [-0.15, -0.1) is 0 Å². The maximum Gasteiger partial charge on any atom is 0.161 e. The first kappa shape index (κ1) is 10.6. The number of rotatable bonds is 2. The molecule has 3 aromatic rings. The summed E-state index contributed by atoms with van der Waals surface area (Å²) in [4.78, 5) is 13.1. The largest absolute Gasteiger partial charge is 0.285 e. The molecule has 0 unspecified atom stereocenters. The minimum atomic E-state index is 0.680. The van der Waals surface area contributed by atoms with Gasteiger partial charge in [0.2, 0.25) is 0 Å². The molecule has 0 fully saturated rings. The Labute approximate surface area is 104 Å². The second-order valence-electron chi connectivity index (χ2n) is 3.95. The van der Waals surface area contributed by atoms with Gasteiger partial charge in [0.1, 0.15) is 0 Å². The molecule has 0 bridgehead atoms. The van der Waals surface area contributed by atoms with Crippen LogP contribution in [0.1, 0.15) is 5.69 Å². The zero-order chi connectivity index (χ0) is 12.4.